The molecular weight excluding hydrogens is 377 g/mol. The first-order chi connectivity index (χ1) is 12.5. The molecule has 0 aliphatic heterocycles. The number of thiocarbonyl (C=S) groups is 1. The van der Waals surface area contributed by atoms with Crippen molar-refractivity contribution in [3.63, 3.8) is 0 Å². The molecule has 0 fully saturated rings. The van der Waals surface area contributed by atoms with Gasteiger partial charge in [-0.05, 0) is 60.7 Å². The van der Waals surface area contributed by atoms with Crippen molar-refractivity contribution in [2.45, 2.75) is 0 Å². The van der Waals surface area contributed by atoms with Gasteiger partial charge < -0.3 is 20.4 Å². The molecule has 0 aliphatic rings. The van der Waals surface area contributed by atoms with Crippen LogP contribution in [0.25, 0.3) is 0 Å². The van der Waals surface area contributed by atoms with Crippen molar-refractivity contribution in [1.82, 2.24) is 0 Å². The molecule has 0 saturated carbocycles. The molecule has 0 spiro atoms. The predicted molar refractivity (Wildman–Crippen MR) is 104 cm³/mol. The lowest BCUT2D eigenvalue weighted by Gasteiger charge is -2.12. The number of anilines is 3. The average molecular weight is 390 g/mol. The van der Waals surface area contributed by atoms with Gasteiger partial charge in [0.05, 0.1) is 17.0 Å². The van der Waals surface area contributed by atoms with Gasteiger partial charge in [0, 0.05) is 11.4 Å². The molecule has 132 valence electrons. The summed E-state index contributed by atoms with van der Waals surface area (Å²) in [5.41, 5.74) is 1.44. The molecule has 1 heterocycles. The van der Waals surface area contributed by atoms with E-state index in [1.54, 1.807) is 42.5 Å². The zero-order valence-electron chi connectivity index (χ0n) is 13.3. The van der Waals surface area contributed by atoms with E-state index in [-0.39, 0.29) is 27.5 Å². The van der Waals surface area contributed by atoms with Crippen molar-refractivity contribution >= 4 is 51.9 Å². The summed E-state index contributed by atoms with van der Waals surface area (Å²) >= 11 is 10.9. The monoisotopic (exact) mass is 389 g/mol. The normalized spacial score (nSPS) is 10.2. The van der Waals surface area contributed by atoms with Gasteiger partial charge in [-0.3, -0.25) is 4.79 Å². The maximum Gasteiger partial charge on any atom is 0.291 e. The fourth-order valence-electron chi connectivity index (χ4n) is 2.12. The van der Waals surface area contributed by atoms with Crippen molar-refractivity contribution in [1.29, 1.82) is 0 Å². The molecule has 0 bridgehead atoms. The number of amides is 1. The minimum Gasteiger partial charge on any atom is -0.459 e. The van der Waals surface area contributed by atoms with Gasteiger partial charge in [-0.2, -0.15) is 0 Å². The van der Waals surface area contributed by atoms with Gasteiger partial charge in [0.25, 0.3) is 5.91 Å². The number of carbonyl (C=O) groups excluding carboxylic acids is 1. The lowest BCUT2D eigenvalue weighted by molar-refractivity contribution is 0.0996. The summed E-state index contributed by atoms with van der Waals surface area (Å²) in [4.78, 5) is 11.9. The first-order valence-corrected chi connectivity index (χ1v) is 8.28. The second-order valence-electron chi connectivity index (χ2n) is 5.19. The first kappa shape index (κ1) is 17.9. The van der Waals surface area contributed by atoms with Crippen LogP contribution in [-0.2, 0) is 0 Å². The Labute approximate surface area is 159 Å². The van der Waals surface area contributed by atoms with E-state index in [4.69, 9.17) is 28.2 Å². The van der Waals surface area contributed by atoms with Crippen molar-refractivity contribution in [3.05, 3.63) is 77.5 Å². The third-order valence-corrected chi connectivity index (χ3v) is 3.84. The zero-order chi connectivity index (χ0) is 18.5. The quantitative estimate of drug-likeness (QED) is 0.539. The minimum absolute atomic E-state index is 0.00875. The van der Waals surface area contributed by atoms with Gasteiger partial charge in [0.15, 0.2) is 16.7 Å². The van der Waals surface area contributed by atoms with Gasteiger partial charge >= 0.3 is 0 Å². The number of hydrogen-bond donors (Lipinski definition) is 3. The Hall–Kier alpha value is -2.90. The molecule has 0 unspecified atom stereocenters. The Bertz CT molecular complexity index is 930. The van der Waals surface area contributed by atoms with Crippen LogP contribution < -0.4 is 16.0 Å². The Morgan fingerprint density at radius 3 is 2.31 bits per heavy atom. The Balaban J connectivity index is 1.59. The number of furan rings is 1. The molecule has 0 atom stereocenters. The fraction of sp³-hybridized carbons (Fsp3) is 0. The smallest absolute Gasteiger partial charge is 0.291 e. The average Bonchev–Trinajstić information content (AvgIpc) is 3.15. The minimum atomic E-state index is -0.575. The zero-order valence-corrected chi connectivity index (χ0v) is 14.8. The summed E-state index contributed by atoms with van der Waals surface area (Å²) in [6, 6.07) is 14.7. The van der Waals surface area contributed by atoms with Gasteiger partial charge in [-0.1, -0.05) is 17.7 Å². The summed E-state index contributed by atoms with van der Waals surface area (Å²) in [5, 5.41) is 8.59. The van der Waals surface area contributed by atoms with Gasteiger partial charge in [-0.15, -0.1) is 0 Å². The number of benzene rings is 2. The van der Waals surface area contributed by atoms with Gasteiger partial charge in [0.1, 0.15) is 0 Å². The highest BCUT2D eigenvalue weighted by molar-refractivity contribution is 7.80. The van der Waals surface area contributed by atoms with E-state index < -0.39 is 5.82 Å². The van der Waals surface area contributed by atoms with E-state index >= 15 is 0 Å². The van der Waals surface area contributed by atoms with E-state index in [9.17, 15) is 9.18 Å². The van der Waals surface area contributed by atoms with Crippen LogP contribution in [-0.4, -0.2) is 11.0 Å². The van der Waals surface area contributed by atoms with E-state index in [0.29, 0.717) is 11.4 Å². The van der Waals surface area contributed by atoms with Crippen molar-refractivity contribution in [2.24, 2.45) is 0 Å². The Morgan fingerprint density at radius 1 is 0.962 bits per heavy atom. The van der Waals surface area contributed by atoms with E-state index in [1.807, 2.05) is 0 Å². The molecule has 0 radical (unpaired) electrons. The van der Waals surface area contributed by atoms with Crippen LogP contribution in [0.3, 0.4) is 0 Å². The van der Waals surface area contributed by atoms with Gasteiger partial charge in [-0.25, -0.2) is 4.39 Å². The topological polar surface area (TPSA) is 66.3 Å². The highest BCUT2D eigenvalue weighted by Crippen LogP contribution is 2.22. The highest BCUT2D eigenvalue weighted by atomic mass is 35.5. The Morgan fingerprint density at radius 2 is 1.65 bits per heavy atom. The van der Waals surface area contributed by atoms with Crippen LogP contribution in [0.5, 0.6) is 0 Å². The van der Waals surface area contributed by atoms with Crippen molar-refractivity contribution in [2.75, 3.05) is 16.0 Å². The Kier molecular flexibility index (Phi) is 5.50. The summed E-state index contributed by atoms with van der Waals surface area (Å²) in [5.74, 6) is -0.695. The summed E-state index contributed by atoms with van der Waals surface area (Å²) < 4.78 is 18.9. The largest absolute Gasteiger partial charge is 0.459 e. The van der Waals surface area contributed by atoms with Crippen molar-refractivity contribution in [3.8, 4) is 0 Å². The second-order valence-corrected chi connectivity index (χ2v) is 6.00. The lowest BCUT2D eigenvalue weighted by atomic mass is 10.2. The van der Waals surface area contributed by atoms with Gasteiger partial charge in [0.2, 0.25) is 0 Å². The van der Waals surface area contributed by atoms with Crippen LogP contribution in [0, 0.1) is 5.82 Å². The summed E-state index contributed by atoms with van der Waals surface area (Å²) in [6.45, 7) is 0. The summed E-state index contributed by atoms with van der Waals surface area (Å²) in [6.07, 6.45) is 1.43. The SMILES string of the molecule is O=C(Nc1ccc(NC(=S)Nc2cccc(Cl)c2F)cc1)c1ccco1. The number of nitrogens with one attached hydrogen (secondary N) is 3. The molecule has 3 N–H and O–H groups in total. The highest BCUT2D eigenvalue weighted by Gasteiger charge is 2.09. The number of halogens is 2. The van der Waals surface area contributed by atoms with Crippen molar-refractivity contribution < 1.29 is 13.6 Å². The summed E-state index contributed by atoms with van der Waals surface area (Å²) in [7, 11) is 0. The van der Waals surface area contributed by atoms with Crippen LogP contribution in [0.4, 0.5) is 21.5 Å². The molecule has 8 heteroatoms. The van der Waals surface area contributed by atoms with Crippen LogP contribution in [0.1, 0.15) is 10.6 Å². The van der Waals surface area contributed by atoms with E-state index in [2.05, 4.69) is 16.0 Å². The van der Waals surface area contributed by atoms with E-state index in [0.717, 1.165) is 0 Å². The molecule has 3 rings (SSSR count). The van der Waals surface area contributed by atoms with Crippen LogP contribution in [0.15, 0.2) is 65.3 Å². The van der Waals surface area contributed by atoms with Crippen LogP contribution in [0.2, 0.25) is 5.02 Å². The molecule has 1 aromatic heterocycles. The molecule has 2 aromatic carbocycles. The maximum absolute atomic E-state index is 13.9. The molecular formula is C18H13ClFN3O2S. The third kappa shape index (κ3) is 4.38. The standard InChI is InChI=1S/C18H13ClFN3O2S/c19-13-3-1-4-14(16(13)20)23-18(26)22-12-8-6-11(7-9-12)21-17(24)15-5-2-10-25-15/h1-10H,(H,21,24)(H2,22,23,26). The maximum atomic E-state index is 13.9. The second kappa shape index (κ2) is 7.99. The number of carbonyl (C=O) groups is 1. The molecule has 3 aromatic rings. The molecule has 0 aliphatic carbocycles. The molecule has 5 nitrogen and oxygen atoms in total. The fourth-order valence-corrected chi connectivity index (χ4v) is 2.52. The van der Waals surface area contributed by atoms with Crippen LogP contribution >= 0.6 is 23.8 Å². The van der Waals surface area contributed by atoms with E-state index in [1.165, 1.54) is 18.4 Å². The predicted octanol–water partition coefficient (Wildman–Crippen LogP) is 5.13. The number of rotatable bonds is 4. The molecule has 1 amide bonds. The molecule has 0 saturated heterocycles. The first-order valence-electron chi connectivity index (χ1n) is 7.50. The molecule has 26 heavy (non-hydrogen) atoms. The number of hydrogen-bond acceptors (Lipinski definition) is 3. The third-order valence-electron chi connectivity index (χ3n) is 3.35. The lowest BCUT2D eigenvalue weighted by Crippen LogP contribution is -2.19.